The number of rotatable bonds is 3. The number of nitrogens with zero attached hydrogens (tertiary/aromatic N) is 1. The highest BCUT2D eigenvalue weighted by molar-refractivity contribution is 5.16. The quantitative estimate of drug-likeness (QED) is 0.737. The van der Waals surface area contributed by atoms with Gasteiger partial charge in [-0.3, -0.25) is 0 Å². The number of hydrogen-bond donors (Lipinski definition) is 1. The predicted octanol–water partition coefficient (Wildman–Crippen LogP) is 1.50. The normalized spacial score (nSPS) is 22.8. The van der Waals surface area contributed by atoms with Crippen LogP contribution in [0.2, 0.25) is 0 Å². The van der Waals surface area contributed by atoms with Gasteiger partial charge in [-0.05, 0) is 24.8 Å². The zero-order valence-electron chi connectivity index (χ0n) is 8.23. The van der Waals surface area contributed by atoms with Crippen molar-refractivity contribution in [3.8, 4) is 0 Å². The van der Waals surface area contributed by atoms with E-state index in [-0.39, 0.29) is 0 Å². The molecule has 0 aromatic heterocycles. The maximum absolute atomic E-state index is 5.20. The second kappa shape index (κ2) is 4.55. The lowest BCUT2D eigenvalue weighted by Crippen LogP contribution is -2.33. The molecular formula is C11H16N2O. The van der Waals surface area contributed by atoms with E-state index < -0.39 is 0 Å². The van der Waals surface area contributed by atoms with Crippen LogP contribution >= 0.6 is 0 Å². The lowest BCUT2D eigenvalue weighted by Gasteiger charge is -2.20. The van der Waals surface area contributed by atoms with Crippen molar-refractivity contribution in [2.75, 3.05) is 6.54 Å². The molecule has 1 aromatic rings. The molecule has 1 heterocycles. The highest BCUT2D eigenvalue weighted by atomic mass is 16.8. The van der Waals surface area contributed by atoms with Gasteiger partial charge in [-0.2, -0.15) is 11.0 Å². The first-order chi connectivity index (χ1) is 6.90. The number of hydroxylamine groups is 2. The van der Waals surface area contributed by atoms with E-state index in [1.165, 1.54) is 18.4 Å². The van der Waals surface area contributed by atoms with Gasteiger partial charge in [-0.1, -0.05) is 30.3 Å². The molecule has 2 N–H and O–H groups in total. The first-order valence-electron chi connectivity index (χ1n) is 5.07. The minimum Gasteiger partial charge on any atom is -0.214 e. The van der Waals surface area contributed by atoms with Gasteiger partial charge in [0.25, 0.3) is 0 Å². The molecule has 1 aliphatic heterocycles. The van der Waals surface area contributed by atoms with Crippen LogP contribution < -0.4 is 5.90 Å². The molecule has 1 unspecified atom stereocenters. The fourth-order valence-corrected chi connectivity index (χ4v) is 2.04. The van der Waals surface area contributed by atoms with Crippen molar-refractivity contribution in [3.05, 3.63) is 35.9 Å². The highest BCUT2D eigenvalue weighted by Crippen LogP contribution is 2.20. The Morgan fingerprint density at radius 3 is 2.86 bits per heavy atom. The molecule has 3 nitrogen and oxygen atoms in total. The van der Waals surface area contributed by atoms with E-state index in [0.717, 1.165) is 13.0 Å². The molecule has 14 heavy (non-hydrogen) atoms. The molecule has 0 radical (unpaired) electrons. The Bertz CT molecular complexity index is 276. The molecule has 0 saturated carbocycles. The van der Waals surface area contributed by atoms with Crippen molar-refractivity contribution < 1.29 is 4.94 Å². The summed E-state index contributed by atoms with van der Waals surface area (Å²) in [5.41, 5.74) is 1.35. The summed E-state index contributed by atoms with van der Waals surface area (Å²) in [6.07, 6.45) is 3.37. The Hall–Kier alpha value is -0.900. The lowest BCUT2D eigenvalue weighted by atomic mass is 10.1. The third-order valence-corrected chi connectivity index (χ3v) is 2.77. The van der Waals surface area contributed by atoms with E-state index in [9.17, 15) is 0 Å². The van der Waals surface area contributed by atoms with Crippen molar-refractivity contribution in [1.29, 1.82) is 0 Å². The van der Waals surface area contributed by atoms with Crippen LogP contribution in [0.1, 0.15) is 18.4 Å². The summed E-state index contributed by atoms with van der Waals surface area (Å²) >= 11 is 0. The van der Waals surface area contributed by atoms with Gasteiger partial charge in [0.1, 0.15) is 0 Å². The van der Waals surface area contributed by atoms with Crippen LogP contribution in [-0.4, -0.2) is 17.6 Å². The first-order valence-corrected chi connectivity index (χ1v) is 5.07. The average Bonchev–Trinajstić information content (AvgIpc) is 2.67. The summed E-state index contributed by atoms with van der Waals surface area (Å²) in [4.78, 5) is 4.83. The van der Waals surface area contributed by atoms with E-state index in [4.69, 9.17) is 10.8 Å². The standard InChI is InChI=1S/C11H16N2O/c12-14-13-8-4-7-11(13)9-10-5-2-1-3-6-10/h1-3,5-6,11H,4,7-9,12H2. The van der Waals surface area contributed by atoms with Gasteiger partial charge < -0.3 is 0 Å². The largest absolute Gasteiger partial charge is 0.214 e. The molecule has 2 rings (SSSR count). The molecular weight excluding hydrogens is 176 g/mol. The SMILES string of the molecule is NON1CCCC1Cc1ccccc1. The van der Waals surface area contributed by atoms with Gasteiger partial charge in [0.15, 0.2) is 0 Å². The van der Waals surface area contributed by atoms with Crippen LogP contribution in [0.5, 0.6) is 0 Å². The van der Waals surface area contributed by atoms with E-state index in [1.54, 1.807) is 0 Å². The summed E-state index contributed by atoms with van der Waals surface area (Å²) in [5.74, 6) is 5.20. The van der Waals surface area contributed by atoms with Gasteiger partial charge >= 0.3 is 0 Å². The highest BCUT2D eigenvalue weighted by Gasteiger charge is 2.24. The van der Waals surface area contributed by atoms with E-state index in [0.29, 0.717) is 6.04 Å². The monoisotopic (exact) mass is 192 g/mol. The topological polar surface area (TPSA) is 38.5 Å². The smallest absolute Gasteiger partial charge is 0.0412 e. The van der Waals surface area contributed by atoms with Crippen molar-refractivity contribution in [3.63, 3.8) is 0 Å². The Morgan fingerprint density at radius 1 is 1.36 bits per heavy atom. The van der Waals surface area contributed by atoms with Gasteiger partial charge in [-0.25, -0.2) is 4.94 Å². The molecule has 0 spiro atoms. The van der Waals surface area contributed by atoms with Gasteiger partial charge in [0, 0.05) is 12.6 Å². The molecule has 1 saturated heterocycles. The summed E-state index contributed by atoms with van der Waals surface area (Å²) in [7, 11) is 0. The minimum absolute atomic E-state index is 0.447. The summed E-state index contributed by atoms with van der Waals surface area (Å²) < 4.78 is 0. The minimum atomic E-state index is 0.447. The molecule has 3 heteroatoms. The molecule has 1 atom stereocenters. The molecule has 1 fully saturated rings. The van der Waals surface area contributed by atoms with Crippen molar-refractivity contribution in [2.45, 2.75) is 25.3 Å². The lowest BCUT2D eigenvalue weighted by molar-refractivity contribution is -0.172. The van der Waals surface area contributed by atoms with Crippen molar-refractivity contribution in [2.24, 2.45) is 5.90 Å². The summed E-state index contributed by atoms with van der Waals surface area (Å²) in [6, 6.07) is 10.9. The molecule has 1 aromatic carbocycles. The van der Waals surface area contributed by atoms with Crippen LogP contribution in [0.15, 0.2) is 30.3 Å². The average molecular weight is 192 g/mol. The Labute approximate surface area is 84.4 Å². The van der Waals surface area contributed by atoms with E-state index in [2.05, 4.69) is 24.3 Å². The summed E-state index contributed by atoms with van der Waals surface area (Å²) in [5, 5.41) is 1.88. The van der Waals surface area contributed by atoms with Gasteiger partial charge in [-0.15, -0.1) is 0 Å². The third-order valence-electron chi connectivity index (χ3n) is 2.77. The molecule has 0 bridgehead atoms. The second-order valence-corrected chi connectivity index (χ2v) is 3.73. The molecule has 0 aliphatic carbocycles. The summed E-state index contributed by atoms with van der Waals surface area (Å²) in [6.45, 7) is 0.952. The molecule has 0 amide bonds. The maximum Gasteiger partial charge on any atom is 0.0412 e. The fraction of sp³-hybridized carbons (Fsp3) is 0.455. The Kier molecular flexibility index (Phi) is 3.14. The van der Waals surface area contributed by atoms with Crippen LogP contribution in [-0.2, 0) is 11.4 Å². The van der Waals surface area contributed by atoms with Crippen LogP contribution in [0.25, 0.3) is 0 Å². The Balaban J connectivity index is 1.97. The predicted molar refractivity (Wildman–Crippen MR) is 55.1 cm³/mol. The number of nitrogens with two attached hydrogens (primary N) is 1. The van der Waals surface area contributed by atoms with E-state index in [1.807, 2.05) is 11.1 Å². The maximum atomic E-state index is 5.20. The van der Waals surface area contributed by atoms with Gasteiger partial charge in [0.05, 0.1) is 0 Å². The zero-order chi connectivity index (χ0) is 9.80. The fourth-order valence-electron chi connectivity index (χ4n) is 2.04. The van der Waals surface area contributed by atoms with E-state index >= 15 is 0 Å². The number of benzene rings is 1. The van der Waals surface area contributed by atoms with Gasteiger partial charge in [0.2, 0.25) is 0 Å². The third kappa shape index (κ3) is 2.12. The second-order valence-electron chi connectivity index (χ2n) is 3.73. The molecule has 1 aliphatic rings. The van der Waals surface area contributed by atoms with Crippen LogP contribution in [0.3, 0.4) is 0 Å². The Morgan fingerprint density at radius 2 is 2.14 bits per heavy atom. The first kappa shape index (κ1) is 9.65. The zero-order valence-corrected chi connectivity index (χ0v) is 8.23. The van der Waals surface area contributed by atoms with Crippen LogP contribution in [0.4, 0.5) is 0 Å². The number of hydrogen-bond acceptors (Lipinski definition) is 3. The molecule has 76 valence electrons. The van der Waals surface area contributed by atoms with Crippen LogP contribution in [0, 0.1) is 0 Å². The van der Waals surface area contributed by atoms with Crippen molar-refractivity contribution >= 4 is 0 Å². The van der Waals surface area contributed by atoms with Crippen molar-refractivity contribution in [1.82, 2.24) is 5.06 Å².